The summed E-state index contributed by atoms with van der Waals surface area (Å²) in [4.78, 5) is 28.5. The molecule has 4 rings (SSSR count). The fourth-order valence-corrected chi connectivity index (χ4v) is 3.76. The highest BCUT2D eigenvalue weighted by atomic mass is 35.5. The van der Waals surface area contributed by atoms with Crippen molar-refractivity contribution in [3.63, 3.8) is 0 Å². The summed E-state index contributed by atoms with van der Waals surface area (Å²) in [6, 6.07) is 7.64. The molecule has 3 aromatic rings. The number of pyridine rings is 1. The first-order chi connectivity index (χ1) is 16.7. The lowest BCUT2D eigenvalue weighted by Crippen LogP contribution is -2.50. The lowest BCUT2D eigenvalue weighted by molar-refractivity contribution is -0.137. The molecule has 0 saturated carbocycles. The molecule has 0 unspecified atom stereocenters. The van der Waals surface area contributed by atoms with Gasteiger partial charge in [-0.15, -0.1) is 0 Å². The molecule has 9 nitrogen and oxygen atoms in total. The Morgan fingerprint density at radius 2 is 1.89 bits per heavy atom. The van der Waals surface area contributed by atoms with Crippen LogP contribution >= 0.6 is 11.6 Å². The van der Waals surface area contributed by atoms with Crippen molar-refractivity contribution in [1.29, 1.82) is 0 Å². The summed E-state index contributed by atoms with van der Waals surface area (Å²) < 4.78 is 45.0. The van der Waals surface area contributed by atoms with Crippen LogP contribution in [0.25, 0.3) is 0 Å². The molecule has 184 valence electrons. The van der Waals surface area contributed by atoms with E-state index in [1.54, 1.807) is 30.6 Å². The van der Waals surface area contributed by atoms with Crippen LogP contribution in [0.15, 0.2) is 48.8 Å². The molecule has 0 bridgehead atoms. The monoisotopic (exact) mass is 507 g/mol. The van der Waals surface area contributed by atoms with Crippen molar-refractivity contribution in [3.8, 4) is 5.75 Å². The van der Waals surface area contributed by atoms with E-state index in [1.807, 2.05) is 4.90 Å². The van der Waals surface area contributed by atoms with Crippen LogP contribution in [-0.4, -0.2) is 52.1 Å². The highest BCUT2D eigenvalue weighted by Gasteiger charge is 2.31. The minimum Gasteiger partial charge on any atom is -0.483 e. The molecule has 2 aromatic heterocycles. The number of carbonyl (C=O) groups is 1. The minimum absolute atomic E-state index is 0.0250. The number of benzene rings is 1. The van der Waals surface area contributed by atoms with E-state index in [-0.39, 0.29) is 23.3 Å². The van der Waals surface area contributed by atoms with Gasteiger partial charge in [0.1, 0.15) is 6.61 Å². The zero-order valence-electron chi connectivity index (χ0n) is 18.3. The molecule has 0 aliphatic carbocycles. The molecule has 3 heterocycles. The number of nitrogen functional groups attached to an aromatic ring is 1. The number of nitrogens with one attached hydrogen (secondary N) is 1. The maximum atomic E-state index is 13.0. The quantitative estimate of drug-likeness (QED) is 0.536. The van der Waals surface area contributed by atoms with Crippen molar-refractivity contribution in [2.75, 3.05) is 42.1 Å². The number of alkyl halides is 3. The Kier molecular flexibility index (Phi) is 7.10. The third kappa shape index (κ3) is 6.21. The van der Waals surface area contributed by atoms with E-state index in [4.69, 9.17) is 22.1 Å². The van der Waals surface area contributed by atoms with Crippen molar-refractivity contribution >= 4 is 35.1 Å². The zero-order chi connectivity index (χ0) is 25.0. The second-order valence-corrected chi connectivity index (χ2v) is 8.09. The molecule has 0 atom stereocenters. The lowest BCUT2D eigenvalue weighted by atomic mass is 10.2. The Labute approximate surface area is 203 Å². The molecular weight excluding hydrogens is 487 g/mol. The number of nitrogens with two attached hydrogens (primary N) is 1. The lowest BCUT2D eigenvalue weighted by Gasteiger charge is -2.35. The van der Waals surface area contributed by atoms with Crippen LogP contribution in [0.5, 0.6) is 5.75 Å². The van der Waals surface area contributed by atoms with Gasteiger partial charge in [0, 0.05) is 49.3 Å². The summed E-state index contributed by atoms with van der Waals surface area (Å²) in [5, 5.41) is 2.38. The first-order valence-electron chi connectivity index (χ1n) is 10.5. The van der Waals surface area contributed by atoms with Crippen molar-refractivity contribution in [2.24, 2.45) is 0 Å². The van der Waals surface area contributed by atoms with Gasteiger partial charge in [0.05, 0.1) is 11.3 Å². The third-order valence-electron chi connectivity index (χ3n) is 5.20. The summed E-state index contributed by atoms with van der Waals surface area (Å²) in [6.45, 7) is 1.73. The molecule has 1 aromatic carbocycles. The van der Waals surface area contributed by atoms with Gasteiger partial charge in [-0.25, -0.2) is 19.7 Å². The van der Waals surface area contributed by atoms with Crippen LogP contribution < -0.4 is 20.7 Å². The molecule has 3 N–H and O–H groups in total. The number of aromatic nitrogens is 3. The van der Waals surface area contributed by atoms with Crippen LogP contribution in [0.1, 0.15) is 11.3 Å². The number of nitrogens with zero attached hydrogens (tertiary/aromatic N) is 5. The number of amides is 2. The summed E-state index contributed by atoms with van der Waals surface area (Å²) in [6.07, 6.45) is -1.39. The normalized spacial score (nSPS) is 14.1. The van der Waals surface area contributed by atoms with Crippen molar-refractivity contribution in [1.82, 2.24) is 19.9 Å². The number of piperazine rings is 1. The number of rotatable bonds is 5. The average molecular weight is 508 g/mol. The van der Waals surface area contributed by atoms with Crippen LogP contribution in [-0.2, 0) is 12.8 Å². The Morgan fingerprint density at radius 1 is 1.11 bits per heavy atom. The van der Waals surface area contributed by atoms with Gasteiger partial charge < -0.3 is 25.6 Å². The van der Waals surface area contributed by atoms with Gasteiger partial charge in [0.15, 0.2) is 11.6 Å². The molecule has 1 aliphatic heterocycles. The van der Waals surface area contributed by atoms with Gasteiger partial charge in [0.25, 0.3) is 0 Å². The third-order valence-corrected chi connectivity index (χ3v) is 5.42. The molecule has 1 saturated heterocycles. The number of hydrogen-bond donors (Lipinski definition) is 2. The first kappa shape index (κ1) is 24.3. The minimum atomic E-state index is -4.57. The van der Waals surface area contributed by atoms with Gasteiger partial charge in [-0.1, -0.05) is 11.6 Å². The first-order valence-corrected chi connectivity index (χ1v) is 10.9. The number of anilines is 3. The van der Waals surface area contributed by atoms with Gasteiger partial charge in [-0.2, -0.15) is 13.2 Å². The summed E-state index contributed by atoms with van der Waals surface area (Å²) in [5.74, 6) is 1.31. The maximum absolute atomic E-state index is 13.0. The number of hydrogen-bond acceptors (Lipinski definition) is 7. The second kappa shape index (κ2) is 10.2. The van der Waals surface area contributed by atoms with Crippen LogP contribution in [0.2, 0.25) is 5.02 Å². The number of carbonyl (C=O) groups excluding carboxylic acids is 1. The highest BCUT2D eigenvalue weighted by molar-refractivity contribution is 6.31. The predicted molar refractivity (Wildman–Crippen MR) is 124 cm³/mol. The fourth-order valence-electron chi connectivity index (χ4n) is 3.53. The number of ether oxygens (including phenoxy) is 1. The van der Waals surface area contributed by atoms with E-state index in [1.165, 1.54) is 11.0 Å². The second-order valence-electron chi connectivity index (χ2n) is 7.65. The van der Waals surface area contributed by atoms with E-state index in [9.17, 15) is 18.0 Å². The summed E-state index contributed by atoms with van der Waals surface area (Å²) >= 11 is 5.80. The van der Waals surface area contributed by atoms with E-state index >= 15 is 0 Å². The Morgan fingerprint density at radius 3 is 2.60 bits per heavy atom. The Hall–Kier alpha value is -3.80. The predicted octanol–water partition coefficient (Wildman–Crippen LogP) is 4.06. The SMILES string of the molecule is Nc1nccc(COc2cccnc2N2CCN(C(=O)Nc3cc(Cl)cc(C(F)(F)F)c3)CC2)n1. The number of halogens is 4. The summed E-state index contributed by atoms with van der Waals surface area (Å²) in [7, 11) is 0. The molecular formula is C22H21ClF3N7O2. The van der Waals surface area contributed by atoms with Gasteiger partial charge in [-0.05, 0) is 36.4 Å². The van der Waals surface area contributed by atoms with Crippen LogP contribution in [0.3, 0.4) is 0 Å². The van der Waals surface area contributed by atoms with Crippen LogP contribution in [0.4, 0.5) is 35.4 Å². The van der Waals surface area contributed by atoms with Crippen LogP contribution in [0, 0.1) is 0 Å². The molecule has 13 heteroatoms. The largest absolute Gasteiger partial charge is 0.483 e. The molecule has 1 fully saturated rings. The van der Waals surface area contributed by atoms with E-state index in [0.717, 1.165) is 12.1 Å². The van der Waals surface area contributed by atoms with Gasteiger partial charge in [0.2, 0.25) is 5.95 Å². The Balaban J connectivity index is 1.37. The zero-order valence-corrected chi connectivity index (χ0v) is 19.1. The maximum Gasteiger partial charge on any atom is 0.416 e. The van der Waals surface area contributed by atoms with E-state index in [2.05, 4.69) is 20.3 Å². The van der Waals surface area contributed by atoms with Gasteiger partial charge in [-0.3, -0.25) is 0 Å². The highest BCUT2D eigenvalue weighted by Crippen LogP contribution is 2.33. The standard InChI is InChI=1S/C22H21ClF3N7O2/c23-15-10-14(22(24,25)26)11-17(12-15)31-21(34)33-8-6-32(7-9-33)19-18(2-1-4-28-19)35-13-16-3-5-29-20(27)30-16/h1-5,10-12H,6-9,13H2,(H,31,34)(H2,27,29,30). The van der Waals surface area contributed by atoms with Crippen molar-refractivity contribution in [3.05, 3.63) is 65.1 Å². The smallest absolute Gasteiger partial charge is 0.416 e. The van der Waals surface area contributed by atoms with E-state index in [0.29, 0.717) is 43.4 Å². The Bertz CT molecular complexity index is 1200. The van der Waals surface area contributed by atoms with Crippen molar-refractivity contribution < 1.29 is 22.7 Å². The molecule has 1 aliphatic rings. The molecule has 0 spiro atoms. The van der Waals surface area contributed by atoms with E-state index < -0.39 is 17.8 Å². The van der Waals surface area contributed by atoms with Crippen molar-refractivity contribution in [2.45, 2.75) is 12.8 Å². The van der Waals surface area contributed by atoms with Gasteiger partial charge >= 0.3 is 12.2 Å². The molecule has 0 radical (unpaired) electrons. The molecule has 35 heavy (non-hydrogen) atoms. The topological polar surface area (TPSA) is 109 Å². The summed E-state index contributed by atoms with van der Waals surface area (Å²) in [5.41, 5.74) is 5.26. The number of urea groups is 1. The fraction of sp³-hybridized carbons (Fsp3) is 0.273. The molecule has 2 amide bonds. The average Bonchev–Trinajstić information content (AvgIpc) is 2.82.